The Morgan fingerprint density at radius 2 is 1.89 bits per heavy atom. The molecule has 1 aliphatic carbocycles. The van der Waals surface area contributed by atoms with Crippen molar-refractivity contribution in [2.24, 2.45) is 0 Å². The highest BCUT2D eigenvalue weighted by Crippen LogP contribution is 2.31. The van der Waals surface area contributed by atoms with Crippen LogP contribution in [-0.2, 0) is 11.3 Å². The summed E-state index contributed by atoms with van der Waals surface area (Å²) in [5.74, 6) is 0.631. The van der Waals surface area contributed by atoms with Gasteiger partial charge in [-0.15, -0.1) is 0 Å². The predicted molar refractivity (Wildman–Crippen MR) is 105 cm³/mol. The van der Waals surface area contributed by atoms with Crippen LogP contribution in [0.3, 0.4) is 0 Å². The second-order valence-corrected chi connectivity index (χ2v) is 7.54. The first-order valence-electron chi connectivity index (χ1n) is 9.62. The maximum absolute atomic E-state index is 13.3. The van der Waals surface area contributed by atoms with Gasteiger partial charge in [-0.3, -0.25) is 4.79 Å². The summed E-state index contributed by atoms with van der Waals surface area (Å²) in [6, 6.07) is 15.2. The van der Waals surface area contributed by atoms with Gasteiger partial charge in [-0.25, -0.2) is 0 Å². The van der Waals surface area contributed by atoms with Crippen LogP contribution in [0.4, 0.5) is 0 Å². The maximum atomic E-state index is 13.3. The van der Waals surface area contributed by atoms with Crippen molar-refractivity contribution in [1.29, 1.82) is 0 Å². The summed E-state index contributed by atoms with van der Waals surface area (Å²) in [5, 5.41) is 0.666. The molecule has 0 aromatic heterocycles. The summed E-state index contributed by atoms with van der Waals surface area (Å²) in [4.78, 5) is 15.3. The normalized spacial score (nSPS) is 22.2. The van der Waals surface area contributed by atoms with E-state index in [2.05, 4.69) is 0 Å². The van der Waals surface area contributed by atoms with E-state index in [1.807, 2.05) is 53.4 Å². The fraction of sp³-hybridized carbons (Fsp3) is 0.409. The van der Waals surface area contributed by atoms with Gasteiger partial charge in [-0.1, -0.05) is 54.8 Å². The Bertz CT molecular complexity index is 808. The quantitative estimate of drug-likeness (QED) is 0.765. The van der Waals surface area contributed by atoms with Gasteiger partial charge < -0.3 is 14.4 Å². The van der Waals surface area contributed by atoms with E-state index in [-0.39, 0.29) is 18.1 Å². The van der Waals surface area contributed by atoms with E-state index in [0.29, 0.717) is 36.1 Å². The number of carbonyl (C=O) groups excluding carboxylic acids is 1. The van der Waals surface area contributed by atoms with Gasteiger partial charge in [-0.05, 0) is 31.0 Å². The zero-order chi connectivity index (χ0) is 18.6. The minimum Gasteiger partial charge on any atom is -0.488 e. The first-order chi connectivity index (χ1) is 13.2. The number of hydrogen-bond acceptors (Lipinski definition) is 3. The molecule has 2 unspecified atom stereocenters. The van der Waals surface area contributed by atoms with Crippen LogP contribution < -0.4 is 4.74 Å². The third kappa shape index (κ3) is 3.97. The van der Waals surface area contributed by atoms with E-state index >= 15 is 0 Å². The maximum Gasteiger partial charge on any atom is 0.258 e. The van der Waals surface area contributed by atoms with E-state index in [0.717, 1.165) is 24.8 Å². The number of ether oxygens (including phenoxy) is 2. The van der Waals surface area contributed by atoms with Crippen LogP contribution in [0.1, 0.15) is 41.6 Å². The van der Waals surface area contributed by atoms with E-state index in [1.54, 1.807) is 0 Å². The molecule has 2 aliphatic rings. The molecule has 1 saturated heterocycles. The predicted octanol–water partition coefficient (Wildman–Crippen LogP) is 4.70. The van der Waals surface area contributed by atoms with Crippen LogP contribution in [0.15, 0.2) is 48.5 Å². The summed E-state index contributed by atoms with van der Waals surface area (Å²) in [7, 11) is 0. The average Bonchev–Trinajstić information content (AvgIpc) is 2.72. The van der Waals surface area contributed by atoms with Crippen LogP contribution in [0.2, 0.25) is 5.02 Å². The van der Waals surface area contributed by atoms with Crippen molar-refractivity contribution in [3.8, 4) is 5.75 Å². The van der Waals surface area contributed by atoms with Crippen molar-refractivity contribution in [1.82, 2.24) is 4.90 Å². The molecule has 0 spiro atoms. The van der Waals surface area contributed by atoms with Crippen molar-refractivity contribution in [3.63, 3.8) is 0 Å². The van der Waals surface area contributed by atoms with E-state index < -0.39 is 0 Å². The zero-order valence-electron chi connectivity index (χ0n) is 15.3. The number of nitrogens with zero attached hydrogens (tertiary/aromatic N) is 1. The minimum absolute atomic E-state index is 0.0324. The number of hydrogen-bond donors (Lipinski definition) is 0. The molecule has 2 aromatic carbocycles. The van der Waals surface area contributed by atoms with Crippen molar-refractivity contribution in [2.45, 2.75) is 44.4 Å². The molecule has 0 radical (unpaired) electrons. The third-order valence-corrected chi connectivity index (χ3v) is 5.82. The molecule has 2 atom stereocenters. The van der Waals surface area contributed by atoms with Crippen molar-refractivity contribution in [2.75, 3.05) is 13.2 Å². The van der Waals surface area contributed by atoms with Crippen LogP contribution in [-0.4, -0.2) is 36.1 Å². The zero-order valence-corrected chi connectivity index (χ0v) is 16.0. The number of carbonyl (C=O) groups is 1. The molecular formula is C22H24ClNO3. The minimum atomic E-state index is 0.0324. The molecule has 5 heteroatoms. The van der Waals surface area contributed by atoms with Gasteiger partial charge in [0.15, 0.2) is 0 Å². The molecule has 1 aliphatic heterocycles. The highest BCUT2D eigenvalue weighted by atomic mass is 35.5. The van der Waals surface area contributed by atoms with Crippen molar-refractivity contribution in [3.05, 3.63) is 64.7 Å². The first-order valence-corrected chi connectivity index (χ1v) is 9.99. The van der Waals surface area contributed by atoms with Crippen LogP contribution in [0.5, 0.6) is 5.75 Å². The molecule has 1 saturated carbocycles. The lowest BCUT2D eigenvalue weighted by atomic mass is 9.89. The summed E-state index contributed by atoms with van der Waals surface area (Å²) in [5.41, 5.74) is 1.51. The SMILES string of the molecule is O=C(c1ccccc1OCc1ccccc1Cl)N1CCOC2CCCCC21. The van der Waals surface area contributed by atoms with E-state index in [4.69, 9.17) is 21.1 Å². The highest BCUT2D eigenvalue weighted by molar-refractivity contribution is 6.31. The third-order valence-electron chi connectivity index (χ3n) is 5.45. The summed E-state index contributed by atoms with van der Waals surface area (Å²) in [6.45, 7) is 1.58. The molecule has 2 fully saturated rings. The molecule has 4 rings (SSSR count). The van der Waals surface area contributed by atoms with Crippen LogP contribution >= 0.6 is 11.6 Å². The fourth-order valence-electron chi connectivity index (χ4n) is 4.04. The molecule has 0 bridgehead atoms. The fourth-order valence-corrected chi connectivity index (χ4v) is 4.23. The van der Waals surface area contributed by atoms with E-state index in [1.165, 1.54) is 6.42 Å². The number of fused-ring (bicyclic) bond motifs is 1. The lowest BCUT2D eigenvalue weighted by Crippen LogP contribution is -2.54. The van der Waals surface area contributed by atoms with Gasteiger partial charge in [0.25, 0.3) is 5.91 Å². The molecule has 1 heterocycles. The largest absolute Gasteiger partial charge is 0.488 e. The highest BCUT2D eigenvalue weighted by Gasteiger charge is 2.37. The van der Waals surface area contributed by atoms with Crippen LogP contribution in [0, 0.1) is 0 Å². The Hall–Kier alpha value is -2.04. The molecule has 4 nitrogen and oxygen atoms in total. The Balaban J connectivity index is 1.53. The number of para-hydroxylation sites is 1. The first kappa shape index (κ1) is 18.3. The molecule has 1 amide bonds. The Morgan fingerprint density at radius 3 is 2.78 bits per heavy atom. The number of amides is 1. The summed E-state index contributed by atoms with van der Waals surface area (Å²) < 4.78 is 11.9. The van der Waals surface area contributed by atoms with Gasteiger partial charge in [0.05, 0.1) is 24.3 Å². The number of morpholine rings is 1. The second kappa shape index (κ2) is 8.32. The molecule has 0 N–H and O–H groups in total. The van der Waals surface area contributed by atoms with Gasteiger partial charge in [0, 0.05) is 17.1 Å². The molecule has 27 heavy (non-hydrogen) atoms. The monoisotopic (exact) mass is 385 g/mol. The van der Waals surface area contributed by atoms with Gasteiger partial charge >= 0.3 is 0 Å². The number of rotatable bonds is 4. The van der Waals surface area contributed by atoms with Crippen molar-refractivity contribution < 1.29 is 14.3 Å². The molecule has 2 aromatic rings. The Kier molecular flexibility index (Phi) is 5.65. The summed E-state index contributed by atoms with van der Waals surface area (Å²) in [6.07, 6.45) is 4.56. The van der Waals surface area contributed by atoms with Gasteiger partial charge in [-0.2, -0.15) is 0 Å². The smallest absolute Gasteiger partial charge is 0.258 e. The molecule has 142 valence electrons. The second-order valence-electron chi connectivity index (χ2n) is 7.14. The Morgan fingerprint density at radius 1 is 1.11 bits per heavy atom. The number of benzene rings is 2. The lowest BCUT2D eigenvalue weighted by molar-refractivity contribution is -0.0753. The number of halogens is 1. The standard InChI is InChI=1S/C22H24ClNO3/c23-18-9-3-1-7-16(18)15-27-20-11-5-2-8-17(20)22(25)24-13-14-26-21-12-6-4-10-19(21)24/h1-3,5,7-9,11,19,21H,4,6,10,12-15H2. The van der Waals surface area contributed by atoms with Crippen molar-refractivity contribution >= 4 is 17.5 Å². The topological polar surface area (TPSA) is 38.8 Å². The van der Waals surface area contributed by atoms with E-state index in [9.17, 15) is 4.79 Å². The summed E-state index contributed by atoms with van der Waals surface area (Å²) >= 11 is 6.22. The average molecular weight is 386 g/mol. The van der Waals surface area contributed by atoms with Gasteiger partial charge in [0.2, 0.25) is 0 Å². The Labute approximate surface area is 165 Å². The molecular weight excluding hydrogens is 362 g/mol. The van der Waals surface area contributed by atoms with Gasteiger partial charge in [0.1, 0.15) is 12.4 Å². The van der Waals surface area contributed by atoms with Crippen LogP contribution in [0.25, 0.3) is 0 Å². The lowest BCUT2D eigenvalue weighted by Gasteiger charge is -2.43.